The molecule has 0 spiro atoms. The summed E-state index contributed by atoms with van der Waals surface area (Å²) in [5.74, 6) is -0.287. The SMILES string of the molecule is CC[C@@H](C)NC(=O)[C@@H](CC)N(Cc1c(Cl)cccc1Cl)C(=O)Cc1cc(C)ccc1C. The molecule has 0 fully saturated rings. The number of hydrogen-bond acceptors (Lipinski definition) is 2. The van der Waals surface area contributed by atoms with E-state index in [0.29, 0.717) is 22.0 Å². The maximum absolute atomic E-state index is 13.5. The summed E-state index contributed by atoms with van der Waals surface area (Å²) < 4.78 is 0. The van der Waals surface area contributed by atoms with Gasteiger partial charge in [0.1, 0.15) is 6.04 Å². The second kappa shape index (κ2) is 11.5. The summed E-state index contributed by atoms with van der Waals surface area (Å²) in [4.78, 5) is 28.2. The first-order valence-electron chi connectivity index (χ1n) is 10.8. The van der Waals surface area contributed by atoms with E-state index in [4.69, 9.17) is 23.2 Å². The Morgan fingerprint density at radius 3 is 2.26 bits per heavy atom. The van der Waals surface area contributed by atoms with Gasteiger partial charge in [-0.05, 0) is 56.9 Å². The summed E-state index contributed by atoms with van der Waals surface area (Å²) in [7, 11) is 0. The molecule has 4 nitrogen and oxygen atoms in total. The van der Waals surface area contributed by atoms with Crippen LogP contribution in [0.25, 0.3) is 0 Å². The number of carbonyl (C=O) groups is 2. The van der Waals surface area contributed by atoms with E-state index in [1.165, 1.54) is 0 Å². The Kier molecular flexibility index (Phi) is 9.39. The lowest BCUT2D eigenvalue weighted by molar-refractivity contribution is -0.141. The molecule has 0 saturated heterocycles. The van der Waals surface area contributed by atoms with Gasteiger partial charge in [0.25, 0.3) is 0 Å². The zero-order valence-electron chi connectivity index (χ0n) is 19.0. The zero-order chi connectivity index (χ0) is 23.1. The molecular formula is C25H32Cl2N2O2. The molecular weight excluding hydrogens is 431 g/mol. The third-order valence-electron chi connectivity index (χ3n) is 5.62. The van der Waals surface area contributed by atoms with Crippen LogP contribution < -0.4 is 5.32 Å². The van der Waals surface area contributed by atoms with Crippen molar-refractivity contribution in [1.82, 2.24) is 10.2 Å². The zero-order valence-corrected chi connectivity index (χ0v) is 20.5. The molecule has 2 amide bonds. The van der Waals surface area contributed by atoms with Crippen LogP contribution in [0.5, 0.6) is 0 Å². The minimum absolute atomic E-state index is 0.0291. The number of hydrogen-bond donors (Lipinski definition) is 1. The summed E-state index contributed by atoms with van der Waals surface area (Å²) in [5.41, 5.74) is 3.75. The Morgan fingerprint density at radius 2 is 1.68 bits per heavy atom. The van der Waals surface area contributed by atoms with Gasteiger partial charge in [0.2, 0.25) is 11.8 Å². The second-order valence-corrected chi connectivity index (χ2v) is 8.88. The van der Waals surface area contributed by atoms with Crippen LogP contribution >= 0.6 is 23.2 Å². The Balaban J connectivity index is 2.41. The number of rotatable bonds is 9. The van der Waals surface area contributed by atoms with E-state index in [0.717, 1.165) is 23.1 Å². The van der Waals surface area contributed by atoms with E-state index >= 15 is 0 Å². The lowest BCUT2D eigenvalue weighted by atomic mass is 10.0. The predicted octanol–water partition coefficient (Wildman–Crippen LogP) is 5.87. The van der Waals surface area contributed by atoms with Crippen molar-refractivity contribution in [2.24, 2.45) is 0 Å². The molecule has 168 valence electrons. The minimum Gasteiger partial charge on any atom is -0.352 e. The number of amides is 2. The average molecular weight is 463 g/mol. The van der Waals surface area contributed by atoms with Gasteiger partial charge < -0.3 is 10.2 Å². The van der Waals surface area contributed by atoms with Crippen LogP contribution in [0.15, 0.2) is 36.4 Å². The molecule has 6 heteroatoms. The smallest absolute Gasteiger partial charge is 0.243 e. The van der Waals surface area contributed by atoms with Crippen molar-refractivity contribution in [3.8, 4) is 0 Å². The molecule has 0 aliphatic heterocycles. The molecule has 0 aliphatic carbocycles. The Hall–Kier alpha value is -2.04. The molecule has 2 atom stereocenters. The number of nitrogens with one attached hydrogen (secondary N) is 1. The lowest BCUT2D eigenvalue weighted by Crippen LogP contribution is -2.51. The summed E-state index contributed by atoms with van der Waals surface area (Å²) >= 11 is 12.8. The molecule has 1 N–H and O–H groups in total. The monoisotopic (exact) mass is 462 g/mol. The maximum Gasteiger partial charge on any atom is 0.243 e. The van der Waals surface area contributed by atoms with Crippen LogP contribution in [0.2, 0.25) is 10.0 Å². The average Bonchev–Trinajstić information content (AvgIpc) is 2.72. The van der Waals surface area contributed by atoms with Crippen LogP contribution in [-0.2, 0) is 22.6 Å². The first kappa shape index (κ1) is 25.2. The molecule has 0 heterocycles. The predicted molar refractivity (Wildman–Crippen MR) is 129 cm³/mol. The number of carbonyl (C=O) groups excluding carboxylic acids is 2. The summed E-state index contributed by atoms with van der Waals surface area (Å²) in [6.07, 6.45) is 1.51. The Labute approximate surface area is 195 Å². The van der Waals surface area contributed by atoms with Gasteiger partial charge in [-0.2, -0.15) is 0 Å². The summed E-state index contributed by atoms with van der Waals surface area (Å²) in [5, 5.41) is 3.98. The van der Waals surface area contributed by atoms with Crippen LogP contribution in [0.1, 0.15) is 55.9 Å². The van der Waals surface area contributed by atoms with Gasteiger partial charge in [-0.3, -0.25) is 9.59 Å². The number of aryl methyl sites for hydroxylation is 2. The fraction of sp³-hybridized carbons (Fsp3) is 0.440. The fourth-order valence-electron chi connectivity index (χ4n) is 3.47. The van der Waals surface area contributed by atoms with Crippen molar-refractivity contribution in [1.29, 1.82) is 0 Å². The number of halogens is 2. The molecule has 0 unspecified atom stereocenters. The fourth-order valence-corrected chi connectivity index (χ4v) is 3.99. The van der Waals surface area contributed by atoms with Gasteiger partial charge >= 0.3 is 0 Å². The van der Waals surface area contributed by atoms with Gasteiger partial charge in [0.05, 0.1) is 6.42 Å². The highest BCUT2D eigenvalue weighted by Gasteiger charge is 2.30. The molecule has 2 aromatic rings. The van der Waals surface area contributed by atoms with Crippen molar-refractivity contribution in [2.75, 3.05) is 0 Å². The van der Waals surface area contributed by atoms with E-state index in [-0.39, 0.29) is 30.8 Å². The third-order valence-corrected chi connectivity index (χ3v) is 6.33. The number of nitrogens with zero attached hydrogens (tertiary/aromatic N) is 1. The van der Waals surface area contributed by atoms with Crippen molar-refractivity contribution in [3.05, 3.63) is 68.7 Å². The van der Waals surface area contributed by atoms with E-state index < -0.39 is 6.04 Å². The van der Waals surface area contributed by atoms with Gasteiger partial charge in [0.15, 0.2) is 0 Å². The van der Waals surface area contributed by atoms with E-state index in [1.54, 1.807) is 23.1 Å². The molecule has 0 radical (unpaired) electrons. The van der Waals surface area contributed by atoms with Gasteiger partial charge in [-0.25, -0.2) is 0 Å². The van der Waals surface area contributed by atoms with Crippen molar-refractivity contribution >= 4 is 35.0 Å². The van der Waals surface area contributed by atoms with Crippen LogP contribution in [0.4, 0.5) is 0 Å². The van der Waals surface area contributed by atoms with Gasteiger partial charge in [0, 0.05) is 28.2 Å². The first-order chi connectivity index (χ1) is 14.7. The quantitative estimate of drug-likeness (QED) is 0.505. The highest BCUT2D eigenvalue weighted by molar-refractivity contribution is 6.36. The highest BCUT2D eigenvalue weighted by Crippen LogP contribution is 2.27. The second-order valence-electron chi connectivity index (χ2n) is 8.07. The Bertz CT molecular complexity index is 909. The summed E-state index contributed by atoms with van der Waals surface area (Å²) in [6, 6.07) is 10.7. The minimum atomic E-state index is -0.612. The van der Waals surface area contributed by atoms with Crippen molar-refractivity contribution < 1.29 is 9.59 Å². The third kappa shape index (κ3) is 6.72. The lowest BCUT2D eigenvalue weighted by Gasteiger charge is -2.32. The largest absolute Gasteiger partial charge is 0.352 e. The van der Waals surface area contributed by atoms with E-state index in [9.17, 15) is 9.59 Å². The normalized spacial score (nSPS) is 12.9. The maximum atomic E-state index is 13.5. The standard InChI is InChI=1S/C25H32Cl2N2O2/c1-6-18(5)28-25(31)23(7-2)29(15-20-21(26)9-8-10-22(20)27)24(30)14-19-13-16(3)11-12-17(19)4/h8-13,18,23H,6-7,14-15H2,1-5H3,(H,28,31)/t18-,23-/m1/s1. The topological polar surface area (TPSA) is 49.4 Å². The van der Waals surface area contributed by atoms with Crippen LogP contribution in [0, 0.1) is 13.8 Å². The van der Waals surface area contributed by atoms with Crippen LogP contribution in [0.3, 0.4) is 0 Å². The van der Waals surface area contributed by atoms with E-state index in [1.807, 2.05) is 52.8 Å². The summed E-state index contributed by atoms with van der Waals surface area (Å²) in [6.45, 7) is 10.0. The number of benzene rings is 2. The van der Waals surface area contributed by atoms with Crippen molar-refractivity contribution in [2.45, 2.75) is 72.5 Å². The van der Waals surface area contributed by atoms with Gasteiger partial charge in [-0.15, -0.1) is 0 Å². The molecule has 0 aromatic heterocycles. The first-order valence-corrected chi connectivity index (χ1v) is 11.5. The molecule has 2 rings (SSSR count). The Morgan fingerprint density at radius 1 is 1.03 bits per heavy atom. The van der Waals surface area contributed by atoms with E-state index in [2.05, 4.69) is 5.32 Å². The molecule has 0 saturated carbocycles. The highest BCUT2D eigenvalue weighted by atomic mass is 35.5. The molecule has 31 heavy (non-hydrogen) atoms. The molecule has 2 aromatic carbocycles. The van der Waals surface area contributed by atoms with Crippen molar-refractivity contribution in [3.63, 3.8) is 0 Å². The molecule has 0 bridgehead atoms. The molecule has 0 aliphatic rings. The van der Waals surface area contributed by atoms with Gasteiger partial charge in [-0.1, -0.05) is 66.9 Å². The van der Waals surface area contributed by atoms with Crippen LogP contribution in [-0.4, -0.2) is 28.8 Å².